The highest BCUT2D eigenvalue weighted by molar-refractivity contribution is 5.81. The third-order valence-corrected chi connectivity index (χ3v) is 10.5. The van der Waals surface area contributed by atoms with E-state index in [-0.39, 0.29) is 31.4 Å². The quantitative estimate of drug-likeness (QED) is 0.253. The van der Waals surface area contributed by atoms with Gasteiger partial charge in [0.2, 0.25) is 0 Å². The van der Waals surface area contributed by atoms with Crippen LogP contribution in [0.4, 0.5) is 0 Å². The van der Waals surface area contributed by atoms with Gasteiger partial charge in [0.15, 0.2) is 0 Å². The number of nitriles is 1. The van der Waals surface area contributed by atoms with Gasteiger partial charge in [0.05, 0.1) is 34.8 Å². The van der Waals surface area contributed by atoms with Crippen molar-refractivity contribution in [2.45, 2.75) is 111 Å². The Morgan fingerprint density at radius 1 is 1.03 bits per heavy atom. The summed E-state index contributed by atoms with van der Waals surface area (Å²) in [6.45, 7) is 11.7. The molecule has 4 bridgehead atoms. The molecule has 0 aromatic carbocycles. The summed E-state index contributed by atoms with van der Waals surface area (Å²) in [5.41, 5.74) is -3.28. The van der Waals surface area contributed by atoms with Crippen LogP contribution in [-0.4, -0.2) is 36.7 Å². The van der Waals surface area contributed by atoms with Gasteiger partial charge in [-0.25, -0.2) is 0 Å². The molecule has 0 N–H and O–H groups in total. The third-order valence-electron chi connectivity index (χ3n) is 10.5. The topological polar surface area (TPSA) is 103 Å². The molecule has 0 aromatic heterocycles. The van der Waals surface area contributed by atoms with E-state index >= 15 is 0 Å². The molecule has 0 aromatic rings. The normalized spacial score (nSPS) is 35.4. The summed E-state index contributed by atoms with van der Waals surface area (Å²) >= 11 is 0. The number of nitrogens with zero attached hydrogens (tertiary/aromatic N) is 1. The van der Waals surface area contributed by atoms with Gasteiger partial charge < -0.3 is 14.2 Å². The molecule has 0 spiro atoms. The van der Waals surface area contributed by atoms with E-state index in [9.17, 15) is 19.6 Å². The highest BCUT2D eigenvalue weighted by atomic mass is 16.6. The van der Waals surface area contributed by atoms with Gasteiger partial charge in [0.1, 0.15) is 12.2 Å². The number of ether oxygens (including phenoxy) is 3. The zero-order valence-electron chi connectivity index (χ0n) is 24.3. The van der Waals surface area contributed by atoms with E-state index in [4.69, 9.17) is 14.2 Å². The Labute approximate surface area is 228 Å². The van der Waals surface area contributed by atoms with Crippen molar-refractivity contribution in [1.82, 2.24) is 0 Å². The molecule has 0 radical (unpaired) electrons. The lowest BCUT2D eigenvalue weighted by Gasteiger charge is -2.59. The fraction of sp³-hybridized carbons (Fsp3) is 0.871. The molecular formula is C31H47NO6. The molecule has 38 heavy (non-hydrogen) atoms. The van der Waals surface area contributed by atoms with Crippen molar-refractivity contribution in [2.75, 3.05) is 13.2 Å². The van der Waals surface area contributed by atoms with Crippen molar-refractivity contribution < 1.29 is 28.6 Å². The number of carbonyl (C=O) groups excluding carboxylic acids is 3. The molecular weight excluding hydrogens is 482 g/mol. The average molecular weight is 530 g/mol. The second kappa shape index (κ2) is 10.5. The van der Waals surface area contributed by atoms with Crippen LogP contribution in [0.2, 0.25) is 0 Å². The van der Waals surface area contributed by atoms with Crippen LogP contribution < -0.4 is 0 Å². The molecule has 5 rings (SSSR count). The molecule has 7 nitrogen and oxygen atoms in total. The minimum absolute atomic E-state index is 0.0444. The van der Waals surface area contributed by atoms with E-state index in [0.29, 0.717) is 31.3 Å². The predicted molar refractivity (Wildman–Crippen MR) is 141 cm³/mol. The Bertz CT molecular complexity index is 953. The molecule has 4 aliphatic carbocycles. The molecule has 1 heterocycles. The fourth-order valence-corrected chi connectivity index (χ4v) is 8.22. The molecule has 0 amide bonds. The van der Waals surface area contributed by atoms with Crippen molar-refractivity contribution in [3.8, 4) is 6.07 Å². The van der Waals surface area contributed by atoms with Crippen LogP contribution in [0, 0.1) is 57.2 Å². The minimum Gasteiger partial charge on any atom is -0.465 e. The van der Waals surface area contributed by atoms with E-state index in [1.54, 1.807) is 6.92 Å². The van der Waals surface area contributed by atoms with Crippen LogP contribution in [0.5, 0.6) is 0 Å². The standard InChI is InChI=1S/C31H47NO6/c1-7-29(4,19-32)18-30(5,27(35)37-16-22-9-8-10-36-25(22)33)17-28(2,3)26(34)38-31(6)23-12-20-11-21(14-23)15-24(31)13-20/h20-24H,7-18H2,1-6H3. The lowest BCUT2D eigenvalue weighted by molar-refractivity contribution is -0.212. The molecule has 3 atom stereocenters. The molecule has 5 aliphatic rings. The summed E-state index contributed by atoms with van der Waals surface area (Å²) in [6, 6.07) is 2.37. The van der Waals surface area contributed by atoms with Crippen LogP contribution in [-0.2, 0) is 28.6 Å². The highest BCUT2D eigenvalue weighted by Gasteiger charge is 2.58. The van der Waals surface area contributed by atoms with Gasteiger partial charge in [-0.1, -0.05) is 6.92 Å². The van der Waals surface area contributed by atoms with E-state index < -0.39 is 33.7 Å². The number of cyclic esters (lactones) is 1. The number of esters is 3. The smallest absolute Gasteiger partial charge is 0.312 e. The van der Waals surface area contributed by atoms with Gasteiger partial charge in [-0.05, 0) is 122 Å². The fourth-order valence-electron chi connectivity index (χ4n) is 8.22. The zero-order chi connectivity index (χ0) is 27.9. The largest absolute Gasteiger partial charge is 0.465 e. The first-order valence-electron chi connectivity index (χ1n) is 14.7. The van der Waals surface area contributed by atoms with Gasteiger partial charge in [0, 0.05) is 0 Å². The third kappa shape index (κ3) is 5.61. The van der Waals surface area contributed by atoms with Gasteiger partial charge in [-0.3, -0.25) is 14.4 Å². The van der Waals surface area contributed by atoms with Gasteiger partial charge in [-0.15, -0.1) is 0 Å². The highest BCUT2D eigenvalue weighted by Crippen LogP contribution is 2.60. The Morgan fingerprint density at radius 2 is 1.63 bits per heavy atom. The Morgan fingerprint density at radius 3 is 2.16 bits per heavy atom. The van der Waals surface area contributed by atoms with E-state index in [2.05, 4.69) is 13.0 Å². The Kier molecular flexibility index (Phi) is 7.96. The van der Waals surface area contributed by atoms with Crippen LogP contribution in [0.1, 0.15) is 106 Å². The zero-order valence-corrected chi connectivity index (χ0v) is 24.3. The SMILES string of the molecule is CCC(C)(C#N)CC(C)(CC(C)(C)C(=O)OC1(C)C2CC3CC(C2)CC1C3)C(=O)OCC1CCCOC1=O. The summed E-state index contributed by atoms with van der Waals surface area (Å²) in [4.78, 5) is 39.6. The maximum Gasteiger partial charge on any atom is 0.312 e. The van der Waals surface area contributed by atoms with Gasteiger partial charge >= 0.3 is 17.9 Å². The maximum absolute atomic E-state index is 13.8. The van der Waals surface area contributed by atoms with Crippen LogP contribution in [0.15, 0.2) is 0 Å². The number of hydrogen-bond acceptors (Lipinski definition) is 7. The predicted octanol–water partition coefficient (Wildman–Crippen LogP) is 5.99. The molecule has 4 saturated carbocycles. The Balaban J connectivity index is 1.50. The maximum atomic E-state index is 13.8. The molecule has 1 aliphatic heterocycles. The summed E-state index contributed by atoms with van der Waals surface area (Å²) in [5, 5.41) is 9.92. The van der Waals surface area contributed by atoms with E-state index in [1.165, 1.54) is 6.42 Å². The summed E-state index contributed by atoms with van der Waals surface area (Å²) < 4.78 is 17.3. The second-order valence-electron chi connectivity index (χ2n) is 14.3. The van der Waals surface area contributed by atoms with E-state index in [1.807, 2.05) is 27.7 Å². The summed E-state index contributed by atoms with van der Waals surface area (Å²) in [5.74, 6) is 0.794. The van der Waals surface area contributed by atoms with Gasteiger partial charge in [0.25, 0.3) is 0 Å². The van der Waals surface area contributed by atoms with Crippen molar-refractivity contribution in [3.05, 3.63) is 0 Å². The number of hydrogen-bond donors (Lipinski definition) is 0. The van der Waals surface area contributed by atoms with Crippen LogP contribution in [0.3, 0.4) is 0 Å². The van der Waals surface area contributed by atoms with Crippen LogP contribution in [0.25, 0.3) is 0 Å². The summed E-state index contributed by atoms with van der Waals surface area (Å²) in [7, 11) is 0. The first-order chi connectivity index (χ1) is 17.7. The number of carbonyl (C=O) groups is 3. The first-order valence-corrected chi connectivity index (χ1v) is 14.7. The van der Waals surface area contributed by atoms with E-state index in [0.717, 1.165) is 43.9 Å². The first kappa shape index (κ1) is 28.9. The van der Waals surface area contributed by atoms with Crippen LogP contribution >= 0.6 is 0 Å². The van der Waals surface area contributed by atoms with Crippen molar-refractivity contribution in [1.29, 1.82) is 5.26 Å². The lowest BCUT2D eigenvalue weighted by atomic mass is 9.50. The van der Waals surface area contributed by atoms with Gasteiger partial charge in [-0.2, -0.15) is 5.26 Å². The monoisotopic (exact) mass is 529 g/mol. The Hall–Kier alpha value is -2.10. The molecule has 212 valence electrons. The molecule has 3 unspecified atom stereocenters. The summed E-state index contributed by atoms with van der Waals surface area (Å²) in [6.07, 6.45) is 8.27. The molecule has 7 heteroatoms. The second-order valence-corrected chi connectivity index (χ2v) is 14.3. The average Bonchev–Trinajstić information content (AvgIpc) is 2.85. The molecule has 1 saturated heterocycles. The molecule has 5 fully saturated rings. The van der Waals surface area contributed by atoms with Crippen molar-refractivity contribution >= 4 is 17.9 Å². The number of rotatable bonds is 10. The van der Waals surface area contributed by atoms with Crippen molar-refractivity contribution in [3.63, 3.8) is 0 Å². The lowest BCUT2D eigenvalue weighted by Crippen LogP contribution is -2.59. The minimum atomic E-state index is -1.10. The van der Waals surface area contributed by atoms with Crippen molar-refractivity contribution in [2.24, 2.45) is 45.8 Å².